The second-order valence-electron chi connectivity index (χ2n) is 6.05. The van der Waals surface area contributed by atoms with Crippen LogP contribution in [0.15, 0.2) is 18.2 Å². The fourth-order valence-corrected chi connectivity index (χ4v) is 3.59. The number of carbonyl (C=O) groups is 1. The molecule has 2 fully saturated rings. The van der Waals surface area contributed by atoms with E-state index in [9.17, 15) is 9.90 Å². The van der Waals surface area contributed by atoms with Gasteiger partial charge < -0.3 is 15.2 Å². The standard InChI is InChI=1S/C16H22N2O3/c1-10-6-7-14(21-2)13(8-10)17-16(20)18-9-11-4-3-5-12(11)15(18)19/h6-8,11-12,15,19H,3-5,9H2,1-2H3,(H,17,20). The highest BCUT2D eigenvalue weighted by Gasteiger charge is 2.45. The molecular weight excluding hydrogens is 268 g/mol. The lowest BCUT2D eigenvalue weighted by molar-refractivity contribution is 0.0331. The first-order valence-corrected chi connectivity index (χ1v) is 7.50. The van der Waals surface area contributed by atoms with Crippen LogP contribution in [0.1, 0.15) is 24.8 Å². The molecule has 1 aliphatic carbocycles. The van der Waals surface area contributed by atoms with Crippen LogP contribution in [0.2, 0.25) is 0 Å². The summed E-state index contributed by atoms with van der Waals surface area (Å²) in [6.07, 6.45) is 2.63. The van der Waals surface area contributed by atoms with Crippen molar-refractivity contribution in [2.75, 3.05) is 19.0 Å². The largest absolute Gasteiger partial charge is 0.495 e. The van der Waals surface area contributed by atoms with E-state index in [2.05, 4.69) is 5.32 Å². The van der Waals surface area contributed by atoms with Gasteiger partial charge in [0.25, 0.3) is 0 Å². The van der Waals surface area contributed by atoms with Crippen LogP contribution in [0, 0.1) is 18.8 Å². The van der Waals surface area contributed by atoms with Gasteiger partial charge in [0.2, 0.25) is 0 Å². The smallest absolute Gasteiger partial charge is 0.324 e. The lowest BCUT2D eigenvalue weighted by atomic mass is 10.00. The van der Waals surface area contributed by atoms with Crippen molar-refractivity contribution in [2.24, 2.45) is 11.8 Å². The van der Waals surface area contributed by atoms with Crippen molar-refractivity contribution in [3.8, 4) is 5.75 Å². The Bertz CT molecular complexity index is 546. The van der Waals surface area contributed by atoms with Gasteiger partial charge in [-0.25, -0.2) is 4.79 Å². The molecule has 5 heteroatoms. The van der Waals surface area contributed by atoms with Gasteiger partial charge in [-0.3, -0.25) is 4.90 Å². The number of fused-ring (bicyclic) bond motifs is 1. The first-order chi connectivity index (χ1) is 10.1. The lowest BCUT2D eigenvalue weighted by Gasteiger charge is -2.24. The second-order valence-corrected chi connectivity index (χ2v) is 6.05. The molecule has 0 spiro atoms. The van der Waals surface area contributed by atoms with E-state index >= 15 is 0 Å². The second kappa shape index (κ2) is 5.56. The third-order valence-electron chi connectivity index (χ3n) is 4.71. The van der Waals surface area contributed by atoms with E-state index in [4.69, 9.17) is 4.74 Å². The van der Waals surface area contributed by atoms with E-state index in [1.165, 1.54) is 0 Å². The van der Waals surface area contributed by atoms with Crippen molar-refractivity contribution in [1.29, 1.82) is 0 Å². The number of nitrogens with zero attached hydrogens (tertiary/aromatic N) is 1. The highest BCUT2D eigenvalue weighted by atomic mass is 16.5. The highest BCUT2D eigenvalue weighted by Crippen LogP contribution is 2.41. The number of methoxy groups -OCH3 is 1. The summed E-state index contributed by atoms with van der Waals surface area (Å²) in [6.45, 7) is 2.61. The van der Waals surface area contributed by atoms with Gasteiger partial charge in [0, 0.05) is 12.5 Å². The van der Waals surface area contributed by atoms with Crippen molar-refractivity contribution >= 4 is 11.7 Å². The summed E-state index contributed by atoms with van der Waals surface area (Å²) in [4.78, 5) is 14.0. The lowest BCUT2D eigenvalue weighted by Crippen LogP contribution is -2.40. The van der Waals surface area contributed by atoms with Crippen LogP contribution >= 0.6 is 0 Å². The normalized spacial score (nSPS) is 27.6. The van der Waals surface area contributed by atoms with Crippen LogP contribution in [0.3, 0.4) is 0 Å². The number of hydrogen-bond acceptors (Lipinski definition) is 3. The van der Waals surface area contributed by atoms with Crippen LogP contribution < -0.4 is 10.1 Å². The number of hydrogen-bond donors (Lipinski definition) is 2. The molecule has 0 aromatic heterocycles. The number of aliphatic hydroxyl groups excluding tert-OH is 1. The molecule has 21 heavy (non-hydrogen) atoms. The van der Waals surface area contributed by atoms with Gasteiger partial charge in [0.05, 0.1) is 12.8 Å². The molecule has 2 N–H and O–H groups in total. The van der Waals surface area contributed by atoms with Gasteiger partial charge in [0.1, 0.15) is 12.0 Å². The zero-order valence-corrected chi connectivity index (χ0v) is 12.5. The number of aryl methyl sites for hydroxylation is 1. The molecule has 0 radical (unpaired) electrons. The monoisotopic (exact) mass is 290 g/mol. The van der Waals surface area contributed by atoms with Gasteiger partial charge in [0.15, 0.2) is 0 Å². The molecule has 114 valence electrons. The Kier molecular flexibility index (Phi) is 3.76. The van der Waals surface area contributed by atoms with Crippen molar-refractivity contribution < 1.29 is 14.6 Å². The highest BCUT2D eigenvalue weighted by molar-refractivity contribution is 5.91. The summed E-state index contributed by atoms with van der Waals surface area (Å²) in [6, 6.07) is 5.39. The van der Waals surface area contributed by atoms with E-state index in [1.54, 1.807) is 12.0 Å². The molecule has 1 aromatic carbocycles. The molecule has 3 atom stereocenters. The molecule has 1 aromatic rings. The van der Waals surface area contributed by atoms with Crippen molar-refractivity contribution in [3.63, 3.8) is 0 Å². The predicted molar refractivity (Wildman–Crippen MR) is 80.3 cm³/mol. The minimum absolute atomic E-state index is 0.246. The minimum atomic E-state index is -0.659. The topological polar surface area (TPSA) is 61.8 Å². The van der Waals surface area contributed by atoms with E-state index < -0.39 is 6.23 Å². The summed E-state index contributed by atoms with van der Waals surface area (Å²) < 4.78 is 5.27. The summed E-state index contributed by atoms with van der Waals surface area (Å²) >= 11 is 0. The number of aliphatic hydroxyl groups is 1. The zero-order valence-electron chi connectivity index (χ0n) is 12.5. The molecule has 1 saturated carbocycles. The van der Waals surface area contributed by atoms with E-state index in [0.29, 0.717) is 23.9 Å². The number of benzene rings is 1. The van der Waals surface area contributed by atoms with Crippen LogP contribution in [0.4, 0.5) is 10.5 Å². The molecule has 1 heterocycles. The Hall–Kier alpha value is -1.75. The molecular formula is C16H22N2O3. The van der Waals surface area contributed by atoms with Crippen LogP contribution in [0.5, 0.6) is 5.75 Å². The van der Waals surface area contributed by atoms with Crippen molar-refractivity contribution in [2.45, 2.75) is 32.4 Å². The number of likely N-dealkylation sites (tertiary alicyclic amines) is 1. The maximum absolute atomic E-state index is 12.4. The molecule has 5 nitrogen and oxygen atoms in total. The summed E-state index contributed by atoms with van der Waals surface area (Å²) in [7, 11) is 1.58. The summed E-state index contributed by atoms with van der Waals surface area (Å²) in [5, 5.41) is 13.2. The van der Waals surface area contributed by atoms with Gasteiger partial charge in [-0.1, -0.05) is 12.5 Å². The fourth-order valence-electron chi connectivity index (χ4n) is 3.59. The Balaban J connectivity index is 1.74. The minimum Gasteiger partial charge on any atom is -0.495 e. The quantitative estimate of drug-likeness (QED) is 0.880. The van der Waals surface area contributed by atoms with Gasteiger partial charge >= 0.3 is 6.03 Å². The van der Waals surface area contributed by atoms with E-state index in [0.717, 1.165) is 24.8 Å². The number of rotatable bonds is 2. The third kappa shape index (κ3) is 2.58. The van der Waals surface area contributed by atoms with E-state index in [1.807, 2.05) is 25.1 Å². The average molecular weight is 290 g/mol. The maximum Gasteiger partial charge on any atom is 0.324 e. The Morgan fingerprint density at radius 1 is 1.43 bits per heavy atom. The fraction of sp³-hybridized carbons (Fsp3) is 0.562. The number of amides is 2. The number of carbonyl (C=O) groups excluding carboxylic acids is 1. The number of urea groups is 1. The molecule has 0 bridgehead atoms. The van der Waals surface area contributed by atoms with Crippen LogP contribution in [-0.2, 0) is 0 Å². The molecule has 1 saturated heterocycles. The van der Waals surface area contributed by atoms with Crippen molar-refractivity contribution in [3.05, 3.63) is 23.8 Å². The maximum atomic E-state index is 12.4. The number of anilines is 1. The van der Waals surface area contributed by atoms with Gasteiger partial charge in [-0.2, -0.15) is 0 Å². The van der Waals surface area contributed by atoms with Crippen LogP contribution in [0.25, 0.3) is 0 Å². The Morgan fingerprint density at radius 2 is 2.24 bits per heavy atom. The third-order valence-corrected chi connectivity index (χ3v) is 4.71. The summed E-state index contributed by atoms with van der Waals surface area (Å²) in [5.41, 5.74) is 1.69. The van der Waals surface area contributed by atoms with Crippen LogP contribution in [-0.4, -0.2) is 35.9 Å². The van der Waals surface area contributed by atoms with Gasteiger partial charge in [-0.15, -0.1) is 0 Å². The first-order valence-electron chi connectivity index (χ1n) is 7.50. The SMILES string of the molecule is COc1ccc(C)cc1NC(=O)N1CC2CCCC2C1O. The Morgan fingerprint density at radius 3 is 2.95 bits per heavy atom. The molecule has 2 aliphatic rings. The molecule has 3 unspecified atom stereocenters. The summed E-state index contributed by atoms with van der Waals surface area (Å²) in [5.74, 6) is 1.32. The van der Waals surface area contributed by atoms with E-state index in [-0.39, 0.29) is 11.9 Å². The van der Waals surface area contributed by atoms with Gasteiger partial charge in [-0.05, 0) is 43.4 Å². The molecule has 2 amide bonds. The Labute approximate surface area is 124 Å². The van der Waals surface area contributed by atoms with Crippen molar-refractivity contribution in [1.82, 2.24) is 4.90 Å². The average Bonchev–Trinajstić information content (AvgIpc) is 3.02. The molecule has 1 aliphatic heterocycles. The number of nitrogens with one attached hydrogen (secondary N) is 1. The predicted octanol–water partition coefficient (Wildman–Crippen LogP) is 2.59. The number of ether oxygens (including phenoxy) is 1. The molecule has 3 rings (SSSR count). The first kappa shape index (κ1) is 14.2. The zero-order chi connectivity index (χ0) is 15.0.